The molecule has 0 aliphatic heterocycles. The van der Waals surface area contributed by atoms with Crippen molar-refractivity contribution in [2.75, 3.05) is 0 Å². The highest BCUT2D eigenvalue weighted by molar-refractivity contribution is 5.87. The van der Waals surface area contributed by atoms with E-state index in [2.05, 4.69) is 19.2 Å². The summed E-state index contributed by atoms with van der Waals surface area (Å²) in [5.74, 6) is 0.702. The maximum Gasteiger partial charge on any atom is 0.230 e. The van der Waals surface area contributed by atoms with Crippen molar-refractivity contribution < 1.29 is 14.6 Å². The van der Waals surface area contributed by atoms with Crippen LogP contribution in [0.1, 0.15) is 78.0 Å². The summed E-state index contributed by atoms with van der Waals surface area (Å²) in [4.78, 5) is 13.2. The number of carbonyl (C=O) groups is 1. The Kier molecular flexibility index (Phi) is 6.52. The predicted octanol–water partition coefficient (Wildman–Crippen LogP) is 5.55. The second-order valence-corrected chi connectivity index (χ2v) is 10.6. The maximum atomic E-state index is 13.2. The van der Waals surface area contributed by atoms with Crippen molar-refractivity contribution in [3.05, 3.63) is 65.7 Å². The molecular formula is C27H37NO3. The number of benzene rings is 2. The SMILES string of the molecule is CC(C)(C(=O)N[C@H](c1ccc(OC2CCCC2(C)C)cc1)C(C)(C)O)c1ccccc1. The Morgan fingerprint density at radius 2 is 1.68 bits per heavy atom. The summed E-state index contributed by atoms with van der Waals surface area (Å²) in [5.41, 5.74) is 0.124. The highest BCUT2D eigenvalue weighted by Gasteiger charge is 2.37. The third-order valence-corrected chi connectivity index (χ3v) is 6.70. The molecule has 0 aromatic heterocycles. The zero-order chi connectivity index (χ0) is 22.9. The minimum atomic E-state index is -1.13. The summed E-state index contributed by atoms with van der Waals surface area (Å²) < 4.78 is 6.25. The molecule has 0 spiro atoms. The fourth-order valence-electron chi connectivity index (χ4n) is 4.38. The summed E-state index contributed by atoms with van der Waals surface area (Å²) in [5, 5.41) is 13.9. The molecule has 0 radical (unpaired) electrons. The Balaban J connectivity index is 1.77. The van der Waals surface area contributed by atoms with Crippen LogP contribution in [0.25, 0.3) is 0 Å². The van der Waals surface area contributed by atoms with Gasteiger partial charge in [0.1, 0.15) is 11.9 Å². The van der Waals surface area contributed by atoms with E-state index in [1.165, 1.54) is 12.8 Å². The van der Waals surface area contributed by atoms with Gasteiger partial charge in [0.15, 0.2) is 0 Å². The molecule has 0 heterocycles. The van der Waals surface area contributed by atoms with Crippen molar-refractivity contribution in [1.29, 1.82) is 0 Å². The van der Waals surface area contributed by atoms with Crippen LogP contribution in [0.15, 0.2) is 54.6 Å². The Labute approximate surface area is 187 Å². The van der Waals surface area contributed by atoms with Crippen molar-refractivity contribution >= 4 is 5.91 Å². The lowest BCUT2D eigenvalue weighted by atomic mass is 9.82. The van der Waals surface area contributed by atoms with Crippen molar-refractivity contribution in [3.8, 4) is 5.75 Å². The van der Waals surface area contributed by atoms with Crippen molar-refractivity contribution in [2.45, 2.75) is 84.0 Å². The van der Waals surface area contributed by atoms with E-state index in [0.717, 1.165) is 23.3 Å². The zero-order valence-electron chi connectivity index (χ0n) is 19.7. The third-order valence-electron chi connectivity index (χ3n) is 6.70. The first-order chi connectivity index (χ1) is 14.4. The molecule has 4 nitrogen and oxygen atoms in total. The number of rotatable bonds is 7. The minimum Gasteiger partial charge on any atom is -0.490 e. The normalized spacial score (nSPS) is 19.6. The number of amides is 1. The zero-order valence-corrected chi connectivity index (χ0v) is 19.7. The standard InChI is InChI=1S/C27H37NO3/c1-25(2)18-10-13-22(25)31-21-16-14-19(15-17-21)23(27(5,6)30)28-24(29)26(3,4)20-11-8-7-9-12-20/h7-9,11-12,14-17,22-23,30H,10,13,18H2,1-6H3,(H,28,29)/t22?,23-/m1/s1. The summed E-state index contributed by atoms with van der Waals surface area (Å²) in [7, 11) is 0. The van der Waals surface area contributed by atoms with Crippen LogP contribution in [-0.2, 0) is 10.2 Å². The van der Waals surface area contributed by atoms with Crippen molar-refractivity contribution in [3.63, 3.8) is 0 Å². The molecule has 31 heavy (non-hydrogen) atoms. The van der Waals surface area contributed by atoms with Crippen molar-refractivity contribution in [2.24, 2.45) is 5.41 Å². The van der Waals surface area contributed by atoms with Gasteiger partial charge in [-0.25, -0.2) is 0 Å². The first kappa shape index (κ1) is 23.3. The average Bonchev–Trinajstić information content (AvgIpc) is 3.04. The molecule has 1 unspecified atom stereocenters. The lowest BCUT2D eigenvalue weighted by molar-refractivity contribution is -0.128. The average molecular weight is 424 g/mol. The van der Waals surface area contributed by atoms with E-state index < -0.39 is 17.1 Å². The van der Waals surface area contributed by atoms with Crippen LogP contribution in [0.3, 0.4) is 0 Å². The van der Waals surface area contributed by atoms with Crippen LogP contribution in [0, 0.1) is 5.41 Å². The highest BCUT2D eigenvalue weighted by atomic mass is 16.5. The van der Waals surface area contributed by atoms with E-state index in [1.54, 1.807) is 13.8 Å². The fourth-order valence-corrected chi connectivity index (χ4v) is 4.38. The van der Waals surface area contributed by atoms with Gasteiger partial charge < -0.3 is 15.2 Å². The van der Waals surface area contributed by atoms with E-state index in [1.807, 2.05) is 68.4 Å². The molecule has 1 aliphatic carbocycles. The van der Waals surface area contributed by atoms with Crippen LogP contribution in [-0.4, -0.2) is 22.7 Å². The number of hydrogen-bond acceptors (Lipinski definition) is 3. The molecular weight excluding hydrogens is 386 g/mol. The summed E-state index contributed by atoms with van der Waals surface area (Å²) in [6, 6.07) is 16.9. The molecule has 1 saturated carbocycles. The Hall–Kier alpha value is -2.33. The predicted molar refractivity (Wildman–Crippen MR) is 125 cm³/mol. The van der Waals surface area contributed by atoms with Gasteiger partial charge in [0.25, 0.3) is 0 Å². The largest absolute Gasteiger partial charge is 0.490 e. The van der Waals surface area contributed by atoms with E-state index in [4.69, 9.17) is 4.74 Å². The van der Waals surface area contributed by atoms with E-state index in [0.29, 0.717) is 0 Å². The molecule has 1 aliphatic rings. The first-order valence-electron chi connectivity index (χ1n) is 11.3. The molecule has 4 heteroatoms. The topological polar surface area (TPSA) is 58.6 Å². The van der Waals surface area contributed by atoms with Gasteiger partial charge in [-0.15, -0.1) is 0 Å². The number of hydrogen-bond donors (Lipinski definition) is 2. The van der Waals surface area contributed by atoms with Crippen LogP contribution < -0.4 is 10.1 Å². The lowest BCUT2D eigenvalue weighted by Crippen LogP contribution is -2.48. The van der Waals surface area contributed by atoms with Gasteiger partial charge in [0.2, 0.25) is 5.91 Å². The van der Waals surface area contributed by atoms with Gasteiger partial charge in [-0.1, -0.05) is 56.3 Å². The van der Waals surface area contributed by atoms with E-state index in [9.17, 15) is 9.90 Å². The minimum absolute atomic E-state index is 0.126. The van der Waals surface area contributed by atoms with E-state index in [-0.39, 0.29) is 17.4 Å². The molecule has 0 bridgehead atoms. The number of nitrogens with one attached hydrogen (secondary N) is 1. The first-order valence-corrected chi connectivity index (χ1v) is 11.3. The van der Waals surface area contributed by atoms with Gasteiger partial charge in [-0.2, -0.15) is 0 Å². The molecule has 3 rings (SSSR count). The Bertz CT molecular complexity index is 879. The van der Waals surface area contributed by atoms with Crippen LogP contribution >= 0.6 is 0 Å². The Morgan fingerprint density at radius 3 is 2.19 bits per heavy atom. The van der Waals surface area contributed by atoms with E-state index >= 15 is 0 Å². The van der Waals surface area contributed by atoms with Crippen molar-refractivity contribution in [1.82, 2.24) is 5.32 Å². The summed E-state index contributed by atoms with van der Waals surface area (Å²) in [6.45, 7) is 11.8. The van der Waals surface area contributed by atoms with Gasteiger partial charge in [-0.05, 0) is 70.2 Å². The summed E-state index contributed by atoms with van der Waals surface area (Å²) in [6.07, 6.45) is 3.67. The number of ether oxygens (including phenoxy) is 1. The van der Waals surface area contributed by atoms with Crippen LogP contribution in [0.2, 0.25) is 0 Å². The van der Waals surface area contributed by atoms with Gasteiger partial charge in [0, 0.05) is 5.41 Å². The molecule has 1 amide bonds. The number of carbonyl (C=O) groups excluding carboxylic acids is 1. The number of aliphatic hydroxyl groups is 1. The third kappa shape index (κ3) is 5.30. The van der Waals surface area contributed by atoms with Gasteiger partial charge in [0.05, 0.1) is 17.1 Å². The highest BCUT2D eigenvalue weighted by Crippen LogP contribution is 2.40. The van der Waals surface area contributed by atoms with Crippen LogP contribution in [0.5, 0.6) is 5.75 Å². The molecule has 2 atom stereocenters. The maximum absolute atomic E-state index is 13.2. The quantitative estimate of drug-likeness (QED) is 0.614. The van der Waals surface area contributed by atoms with Gasteiger partial charge >= 0.3 is 0 Å². The second kappa shape index (κ2) is 8.66. The summed E-state index contributed by atoms with van der Waals surface area (Å²) >= 11 is 0. The smallest absolute Gasteiger partial charge is 0.230 e. The molecule has 168 valence electrons. The monoisotopic (exact) mass is 423 g/mol. The fraction of sp³-hybridized carbons (Fsp3) is 0.519. The van der Waals surface area contributed by atoms with Crippen LogP contribution in [0.4, 0.5) is 0 Å². The molecule has 1 fully saturated rings. The molecule has 2 aromatic carbocycles. The lowest BCUT2D eigenvalue weighted by Gasteiger charge is -2.34. The molecule has 2 N–H and O–H groups in total. The Morgan fingerprint density at radius 1 is 1.06 bits per heavy atom. The molecule has 2 aromatic rings. The second-order valence-electron chi connectivity index (χ2n) is 10.6. The van der Waals surface area contributed by atoms with Gasteiger partial charge in [-0.3, -0.25) is 4.79 Å². The molecule has 0 saturated heterocycles.